The third-order valence-electron chi connectivity index (χ3n) is 2.73. The Morgan fingerprint density at radius 3 is 2.25 bits per heavy atom. The van der Waals surface area contributed by atoms with Crippen molar-refractivity contribution in [2.45, 2.75) is 25.3 Å². The summed E-state index contributed by atoms with van der Waals surface area (Å²) in [5.74, 6) is 0. The molecule has 0 aliphatic heterocycles. The summed E-state index contributed by atoms with van der Waals surface area (Å²) >= 11 is 0. The maximum Gasteiger partial charge on any atom is 0.279 e. The van der Waals surface area contributed by atoms with Crippen molar-refractivity contribution in [3.63, 3.8) is 0 Å². The molecule has 0 heterocycles. The lowest BCUT2D eigenvalue weighted by atomic mass is 10.2. The van der Waals surface area contributed by atoms with Crippen LogP contribution in [0.3, 0.4) is 0 Å². The molecule has 0 saturated carbocycles. The zero-order valence-corrected chi connectivity index (χ0v) is 13.0. The lowest BCUT2D eigenvalue weighted by Gasteiger charge is -2.18. The highest BCUT2D eigenvalue weighted by molar-refractivity contribution is 7.89. The standard InChI is InChI=1S/C11H19N3O4S2/c1-3-14(4-2)20(17,18)13-9-10-6-5-7-11(8-10)19(12,15)16/h5-8,13H,3-4,9H2,1-2H3,(H2,12,15,16). The van der Waals surface area contributed by atoms with Gasteiger partial charge in [-0.3, -0.25) is 0 Å². The second-order valence-corrected chi connectivity index (χ2v) is 7.42. The lowest BCUT2D eigenvalue weighted by molar-refractivity contribution is 0.434. The van der Waals surface area contributed by atoms with Crippen LogP contribution in [0.2, 0.25) is 0 Å². The molecular weight excluding hydrogens is 302 g/mol. The van der Waals surface area contributed by atoms with E-state index in [1.54, 1.807) is 19.9 Å². The Kier molecular flexibility index (Phi) is 5.66. The van der Waals surface area contributed by atoms with E-state index in [9.17, 15) is 16.8 Å². The molecule has 1 aromatic carbocycles. The first-order chi connectivity index (χ1) is 9.20. The number of nitrogens with two attached hydrogens (primary N) is 1. The molecule has 0 bridgehead atoms. The fourth-order valence-corrected chi connectivity index (χ4v) is 3.46. The minimum absolute atomic E-state index is 0.00218. The first-order valence-corrected chi connectivity index (χ1v) is 9.05. The van der Waals surface area contributed by atoms with Crippen molar-refractivity contribution in [3.05, 3.63) is 29.8 Å². The van der Waals surface area contributed by atoms with Gasteiger partial charge in [-0.1, -0.05) is 26.0 Å². The molecule has 0 fully saturated rings. The van der Waals surface area contributed by atoms with E-state index in [1.165, 1.54) is 22.5 Å². The summed E-state index contributed by atoms with van der Waals surface area (Å²) in [6, 6.07) is 5.85. The molecule has 1 aromatic rings. The SMILES string of the molecule is CCN(CC)S(=O)(=O)NCc1cccc(S(N)(=O)=O)c1. The Morgan fingerprint density at radius 1 is 1.15 bits per heavy atom. The van der Waals surface area contributed by atoms with Gasteiger partial charge >= 0.3 is 0 Å². The van der Waals surface area contributed by atoms with Crippen LogP contribution in [0.1, 0.15) is 19.4 Å². The fraction of sp³-hybridized carbons (Fsp3) is 0.455. The third kappa shape index (κ3) is 4.53. The third-order valence-corrected chi connectivity index (χ3v) is 5.35. The molecule has 7 nitrogen and oxygen atoms in total. The predicted molar refractivity (Wildman–Crippen MR) is 76.5 cm³/mol. The largest absolute Gasteiger partial charge is 0.279 e. The van der Waals surface area contributed by atoms with Gasteiger partial charge < -0.3 is 0 Å². The Balaban J connectivity index is 2.86. The molecule has 0 unspecified atom stereocenters. The molecule has 9 heteroatoms. The van der Waals surface area contributed by atoms with Crippen LogP contribution in [0.5, 0.6) is 0 Å². The molecule has 0 aliphatic carbocycles. The molecule has 20 heavy (non-hydrogen) atoms. The maximum absolute atomic E-state index is 11.9. The highest BCUT2D eigenvalue weighted by Crippen LogP contribution is 2.10. The summed E-state index contributed by atoms with van der Waals surface area (Å²) in [6.45, 7) is 4.21. The van der Waals surface area contributed by atoms with E-state index in [1.807, 2.05) is 0 Å². The Morgan fingerprint density at radius 2 is 1.75 bits per heavy atom. The van der Waals surface area contributed by atoms with Crippen LogP contribution < -0.4 is 9.86 Å². The molecule has 0 atom stereocenters. The predicted octanol–water partition coefficient (Wildman–Crippen LogP) is 0.0102. The second kappa shape index (κ2) is 6.64. The number of sulfonamides is 1. The quantitative estimate of drug-likeness (QED) is 0.737. The van der Waals surface area contributed by atoms with Crippen LogP contribution in [0.25, 0.3) is 0 Å². The minimum atomic E-state index is -3.79. The van der Waals surface area contributed by atoms with E-state index in [4.69, 9.17) is 5.14 Å². The van der Waals surface area contributed by atoms with Crippen LogP contribution in [0.4, 0.5) is 0 Å². The molecule has 0 spiro atoms. The van der Waals surface area contributed by atoms with E-state index < -0.39 is 20.2 Å². The van der Waals surface area contributed by atoms with Crippen molar-refractivity contribution >= 4 is 20.2 Å². The van der Waals surface area contributed by atoms with Gasteiger partial charge in [-0.25, -0.2) is 13.6 Å². The van der Waals surface area contributed by atoms with Gasteiger partial charge in [0.1, 0.15) is 0 Å². The first kappa shape index (κ1) is 17.1. The normalized spacial score (nSPS) is 12.8. The highest BCUT2D eigenvalue weighted by atomic mass is 32.2. The topological polar surface area (TPSA) is 110 Å². The maximum atomic E-state index is 11.9. The average Bonchev–Trinajstić information content (AvgIpc) is 2.37. The van der Waals surface area contributed by atoms with Crippen LogP contribution in [-0.2, 0) is 26.8 Å². The molecule has 0 amide bonds. The smallest absolute Gasteiger partial charge is 0.225 e. The highest BCUT2D eigenvalue weighted by Gasteiger charge is 2.18. The van der Waals surface area contributed by atoms with E-state index in [0.29, 0.717) is 18.7 Å². The molecule has 1 rings (SSSR count). The summed E-state index contributed by atoms with van der Waals surface area (Å²) < 4.78 is 50.0. The summed E-state index contributed by atoms with van der Waals surface area (Å²) in [5, 5.41) is 5.02. The monoisotopic (exact) mass is 321 g/mol. The molecular formula is C11H19N3O4S2. The van der Waals surface area contributed by atoms with Crippen molar-refractivity contribution in [1.29, 1.82) is 0 Å². The zero-order chi connectivity index (χ0) is 15.4. The number of hydrogen-bond donors (Lipinski definition) is 2. The van der Waals surface area contributed by atoms with Crippen molar-refractivity contribution in [1.82, 2.24) is 9.03 Å². The molecule has 0 radical (unpaired) electrons. The zero-order valence-electron chi connectivity index (χ0n) is 11.4. The van der Waals surface area contributed by atoms with Crippen molar-refractivity contribution in [2.24, 2.45) is 5.14 Å². The van der Waals surface area contributed by atoms with E-state index in [0.717, 1.165) is 0 Å². The van der Waals surface area contributed by atoms with Gasteiger partial charge in [-0.2, -0.15) is 17.4 Å². The molecule has 0 saturated heterocycles. The van der Waals surface area contributed by atoms with Gasteiger partial charge in [0, 0.05) is 19.6 Å². The van der Waals surface area contributed by atoms with Gasteiger partial charge in [-0.15, -0.1) is 0 Å². The Bertz CT molecular complexity index is 652. The molecule has 114 valence electrons. The lowest BCUT2D eigenvalue weighted by Crippen LogP contribution is -2.40. The number of nitrogens with zero attached hydrogens (tertiary/aromatic N) is 1. The minimum Gasteiger partial charge on any atom is -0.225 e. The van der Waals surface area contributed by atoms with Gasteiger partial charge in [0.2, 0.25) is 10.0 Å². The number of primary sulfonamides is 1. The summed E-state index contributed by atoms with van der Waals surface area (Å²) in [6.07, 6.45) is 0. The van der Waals surface area contributed by atoms with Crippen LogP contribution >= 0.6 is 0 Å². The number of rotatable bonds is 7. The number of benzene rings is 1. The fourth-order valence-electron chi connectivity index (χ4n) is 1.66. The first-order valence-electron chi connectivity index (χ1n) is 6.07. The van der Waals surface area contributed by atoms with Crippen LogP contribution in [0, 0.1) is 0 Å². The molecule has 0 aromatic heterocycles. The van der Waals surface area contributed by atoms with E-state index in [2.05, 4.69) is 4.72 Å². The molecule has 0 aliphatic rings. The van der Waals surface area contributed by atoms with Crippen molar-refractivity contribution in [2.75, 3.05) is 13.1 Å². The van der Waals surface area contributed by atoms with E-state index in [-0.39, 0.29) is 11.4 Å². The van der Waals surface area contributed by atoms with Gasteiger partial charge in [-0.05, 0) is 17.7 Å². The summed E-state index contributed by atoms with van der Waals surface area (Å²) in [7, 11) is -7.36. The van der Waals surface area contributed by atoms with Gasteiger partial charge in [0.05, 0.1) is 4.90 Å². The van der Waals surface area contributed by atoms with Crippen LogP contribution in [0.15, 0.2) is 29.2 Å². The molecule has 3 N–H and O–H groups in total. The average molecular weight is 321 g/mol. The van der Waals surface area contributed by atoms with Gasteiger partial charge in [0.25, 0.3) is 10.2 Å². The van der Waals surface area contributed by atoms with Crippen molar-refractivity contribution < 1.29 is 16.8 Å². The van der Waals surface area contributed by atoms with E-state index >= 15 is 0 Å². The Labute approximate surface area is 120 Å². The van der Waals surface area contributed by atoms with Crippen molar-refractivity contribution in [3.8, 4) is 0 Å². The number of nitrogens with one attached hydrogen (secondary N) is 1. The second-order valence-electron chi connectivity index (χ2n) is 4.10. The number of hydrogen-bond acceptors (Lipinski definition) is 4. The van der Waals surface area contributed by atoms with Crippen LogP contribution in [-0.4, -0.2) is 34.2 Å². The summed E-state index contributed by atoms with van der Waals surface area (Å²) in [4.78, 5) is -0.0444. The Hall–Kier alpha value is -1.00. The van der Waals surface area contributed by atoms with Gasteiger partial charge in [0.15, 0.2) is 0 Å². The summed E-state index contributed by atoms with van der Waals surface area (Å²) in [5.41, 5.74) is 0.521.